The fourth-order valence-corrected chi connectivity index (χ4v) is 4.14. The summed E-state index contributed by atoms with van der Waals surface area (Å²) in [4.78, 5) is -0.234. The van der Waals surface area contributed by atoms with E-state index in [1.165, 1.54) is 4.31 Å². The van der Waals surface area contributed by atoms with Crippen LogP contribution >= 0.6 is 0 Å². The molecule has 0 saturated heterocycles. The molecule has 1 aliphatic carbocycles. The highest BCUT2D eigenvalue weighted by Gasteiger charge is 2.38. The lowest BCUT2D eigenvalue weighted by atomic mass is 10.2. The predicted molar refractivity (Wildman–Crippen MR) is 85.1 cm³/mol. The van der Waals surface area contributed by atoms with E-state index in [0.29, 0.717) is 5.75 Å². The number of halogens is 2. The van der Waals surface area contributed by atoms with E-state index < -0.39 is 21.7 Å². The monoisotopic (exact) mass is 353 g/mol. The number of ether oxygens (including phenoxy) is 1. The molecule has 2 aromatic carbocycles. The lowest BCUT2D eigenvalue weighted by Crippen LogP contribution is -2.32. The van der Waals surface area contributed by atoms with Gasteiger partial charge in [0.05, 0.1) is 12.0 Å². The van der Waals surface area contributed by atoms with Crippen LogP contribution in [0, 0.1) is 11.6 Å². The number of nitrogens with zero attached hydrogens (tertiary/aromatic N) is 1. The number of hydrogen-bond acceptors (Lipinski definition) is 3. The third kappa shape index (κ3) is 3.42. The van der Waals surface area contributed by atoms with Crippen LogP contribution in [0.15, 0.2) is 47.4 Å². The number of sulfonamides is 1. The molecule has 3 rings (SSSR count). The van der Waals surface area contributed by atoms with Crippen molar-refractivity contribution in [3.63, 3.8) is 0 Å². The van der Waals surface area contributed by atoms with Crippen molar-refractivity contribution in [3.05, 3.63) is 59.7 Å². The largest absolute Gasteiger partial charge is 0.497 e. The van der Waals surface area contributed by atoms with Gasteiger partial charge in [0.15, 0.2) is 11.6 Å². The Kier molecular flexibility index (Phi) is 4.56. The van der Waals surface area contributed by atoms with E-state index in [2.05, 4.69) is 0 Å². The first-order chi connectivity index (χ1) is 11.4. The number of methoxy groups -OCH3 is 1. The molecule has 0 unspecified atom stereocenters. The highest BCUT2D eigenvalue weighted by atomic mass is 32.2. The lowest BCUT2D eigenvalue weighted by Gasteiger charge is -2.22. The van der Waals surface area contributed by atoms with Crippen molar-refractivity contribution in [2.24, 2.45) is 0 Å². The maximum atomic E-state index is 13.4. The maximum absolute atomic E-state index is 13.4. The van der Waals surface area contributed by atoms with Gasteiger partial charge in [0.1, 0.15) is 5.75 Å². The third-order valence-corrected chi connectivity index (χ3v) is 5.84. The molecule has 4 nitrogen and oxygen atoms in total. The van der Waals surface area contributed by atoms with Crippen molar-refractivity contribution in [1.82, 2.24) is 4.31 Å². The van der Waals surface area contributed by atoms with Crippen molar-refractivity contribution >= 4 is 10.0 Å². The van der Waals surface area contributed by atoms with Crippen molar-refractivity contribution in [1.29, 1.82) is 0 Å². The highest BCUT2D eigenvalue weighted by molar-refractivity contribution is 7.89. The summed E-state index contributed by atoms with van der Waals surface area (Å²) in [6.45, 7) is 0.177. The topological polar surface area (TPSA) is 46.6 Å². The molecule has 0 heterocycles. The molecule has 0 spiro atoms. The minimum atomic E-state index is -3.90. The second-order valence-electron chi connectivity index (χ2n) is 5.71. The quantitative estimate of drug-likeness (QED) is 0.800. The van der Waals surface area contributed by atoms with E-state index in [1.807, 2.05) is 0 Å². The Labute approximate surface area is 139 Å². The molecule has 0 aliphatic heterocycles. The highest BCUT2D eigenvalue weighted by Crippen LogP contribution is 2.34. The van der Waals surface area contributed by atoms with E-state index in [-0.39, 0.29) is 17.5 Å². The first-order valence-corrected chi connectivity index (χ1v) is 8.95. The van der Waals surface area contributed by atoms with Crippen LogP contribution in [0.3, 0.4) is 0 Å². The van der Waals surface area contributed by atoms with Gasteiger partial charge < -0.3 is 4.74 Å². The number of hydrogen-bond donors (Lipinski definition) is 0. The Balaban J connectivity index is 1.90. The summed E-state index contributed by atoms with van der Waals surface area (Å²) in [5, 5.41) is 0. The number of rotatable bonds is 6. The fraction of sp³-hybridized carbons (Fsp3) is 0.294. The molecule has 2 aromatic rings. The van der Waals surface area contributed by atoms with Crippen LogP contribution in [0.2, 0.25) is 0 Å². The van der Waals surface area contributed by atoms with Gasteiger partial charge in [-0.05, 0) is 48.7 Å². The molecule has 1 fully saturated rings. The van der Waals surface area contributed by atoms with Crippen molar-refractivity contribution in [2.45, 2.75) is 30.3 Å². The first kappa shape index (κ1) is 16.9. The zero-order valence-corrected chi connectivity index (χ0v) is 13.9. The van der Waals surface area contributed by atoms with Crippen LogP contribution < -0.4 is 4.74 Å². The molecule has 0 amide bonds. The van der Waals surface area contributed by atoms with Gasteiger partial charge in [-0.25, -0.2) is 17.2 Å². The van der Waals surface area contributed by atoms with Gasteiger partial charge in [0.25, 0.3) is 0 Å². The van der Waals surface area contributed by atoms with Gasteiger partial charge in [0.2, 0.25) is 10.0 Å². The average Bonchev–Trinajstić information content (AvgIpc) is 3.40. The van der Waals surface area contributed by atoms with Gasteiger partial charge in [-0.2, -0.15) is 4.31 Å². The molecule has 0 N–H and O–H groups in total. The zero-order chi connectivity index (χ0) is 17.3. The van der Waals surface area contributed by atoms with E-state index in [4.69, 9.17) is 4.74 Å². The summed E-state index contributed by atoms with van der Waals surface area (Å²) in [7, 11) is -2.34. The summed E-state index contributed by atoms with van der Waals surface area (Å²) in [5.74, 6) is -1.56. The summed E-state index contributed by atoms with van der Waals surface area (Å²) >= 11 is 0. The normalized spacial score (nSPS) is 14.8. The molecule has 1 saturated carbocycles. The summed E-state index contributed by atoms with van der Waals surface area (Å²) in [6.07, 6.45) is 1.53. The standard InChI is InChI=1S/C17H17F2NO3S/c1-23-14-6-2-12(3-7-14)11-20(13-4-5-13)24(21,22)15-8-9-16(18)17(19)10-15/h2-3,6-10,13H,4-5,11H2,1H3. The SMILES string of the molecule is COc1ccc(CN(C2CC2)S(=O)(=O)c2ccc(F)c(F)c2)cc1. The molecule has 0 radical (unpaired) electrons. The van der Waals surface area contributed by atoms with Crippen LogP contribution in [0.25, 0.3) is 0 Å². The Morgan fingerprint density at radius 3 is 2.29 bits per heavy atom. The Morgan fingerprint density at radius 2 is 1.75 bits per heavy atom. The van der Waals surface area contributed by atoms with E-state index in [0.717, 1.165) is 36.6 Å². The van der Waals surface area contributed by atoms with E-state index >= 15 is 0 Å². The molecule has 0 bridgehead atoms. The van der Waals surface area contributed by atoms with Gasteiger partial charge in [-0.3, -0.25) is 0 Å². The maximum Gasteiger partial charge on any atom is 0.243 e. The summed E-state index contributed by atoms with van der Waals surface area (Å²) < 4.78 is 58.6. The van der Waals surface area contributed by atoms with Crippen LogP contribution in [0.4, 0.5) is 8.78 Å². The first-order valence-electron chi connectivity index (χ1n) is 7.51. The molecular formula is C17H17F2NO3S. The van der Waals surface area contributed by atoms with Crippen LogP contribution in [0.5, 0.6) is 5.75 Å². The second kappa shape index (κ2) is 6.49. The molecular weight excluding hydrogens is 336 g/mol. The lowest BCUT2D eigenvalue weighted by molar-refractivity contribution is 0.396. The predicted octanol–water partition coefficient (Wildman–Crippen LogP) is 3.33. The third-order valence-electron chi connectivity index (χ3n) is 3.95. The van der Waals surface area contributed by atoms with Crippen LogP contribution in [0.1, 0.15) is 18.4 Å². The Hall–Kier alpha value is -1.99. The van der Waals surface area contributed by atoms with Crippen molar-refractivity contribution in [2.75, 3.05) is 7.11 Å². The van der Waals surface area contributed by atoms with Gasteiger partial charge in [-0.15, -0.1) is 0 Å². The summed E-state index contributed by atoms with van der Waals surface area (Å²) in [5.41, 5.74) is 0.800. The van der Waals surface area contributed by atoms with E-state index in [1.54, 1.807) is 31.4 Å². The molecule has 24 heavy (non-hydrogen) atoms. The number of benzene rings is 2. The van der Waals surface area contributed by atoms with Gasteiger partial charge >= 0.3 is 0 Å². The van der Waals surface area contributed by atoms with Crippen molar-refractivity contribution in [3.8, 4) is 5.75 Å². The van der Waals surface area contributed by atoms with E-state index in [9.17, 15) is 17.2 Å². The average molecular weight is 353 g/mol. The van der Waals surface area contributed by atoms with Crippen LogP contribution in [-0.4, -0.2) is 25.9 Å². The van der Waals surface area contributed by atoms with Gasteiger partial charge in [0, 0.05) is 12.6 Å². The molecule has 7 heteroatoms. The Morgan fingerprint density at radius 1 is 1.08 bits per heavy atom. The molecule has 0 atom stereocenters. The second-order valence-corrected chi connectivity index (χ2v) is 7.60. The Bertz CT molecular complexity index is 833. The minimum Gasteiger partial charge on any atom is -0.497 e. The van der Waals surface area contributed by atoms with Crippen LogP contribution in [-0.2, 0) is 16.6 Å². The smallest absolute Gasteiger partial charge is 0.243 e. The molecule has 0 aromatic heterocycles. The molecule has 1 aliphatic rings. The van der Waals surface area contributed by atoms with Gasteiger partial charge in [-0.1, -0.05) is 12.1 Å². The fourth-order valence-electron chi connectivity index (χ4n) is 2.46. The zero-order valence-electron chi connectivity index (χ0n) is 13.1. The van der Waals surface area contributed by atoms with Crippen molar-refractivity contribution < 1.29 is 21.9 Å². The minimum absolute atomic E-state index is 0.106. The molecule has 128 valence electrons. The summed E-state index contributed by atoms with van der Waals surface area (Å²) in [6, 6.07) is 9.63.